The summed E-state index contributed by atoms with van der Waals surface area (Å²) < 4.78 is 0. The molecule has 0 saturated carbocycles. The number of nitrogens with one attached hydrogen (secondary N) is 1. The van der Waals surface area contributed by atoms with E-state index in [2.05, 4.69) is 9.97 Å². The molecule has 1 amide bonds. The highest BCUT2D eigenvalue weighted by atomic mass is 16.2. The topological polar surface area (TPSA) is 66.1 Å². The van der Waals surface area contributed by atoms with Crippen LogP contribution in [0.2, 0.25) is 0 Å². The van der Waals surface area contributed by atoms with E-state index in [0.717, 1.165) is 11.3 Å². The number of anilines is 1. The van der Waals surface area contributed by atoms with Crippen molar-refractivity contribution in [1.82, 2.24) is 9.97 Å². The molecule has 1 aliphatic heterocycles. The molecule has 0 aliphatic carbocycles. The van der Waals surface area contributed by atoms with Gasteiger partial charge in [0.1, 0.15) is 5.82 Å². The minimum Gasteiger partial charge on any atom is -0.311 e. The van der Waals surface area contributed by atoms with Gasteiger partial charge in [0.2, 0.25) is 0 Å². The maximum Gasteiger partial charge on any atom is 0.259 e. The van der Waals surface area contributed by atoms with Crippen molar-refractivity contribution < 1.29 is 4.79 Å². The van der Waals surface area contributed by atoms with Gasteiger partial charge in [-0.25, -0.2) is 4.98 Å². The number of aromatic amines is 1. The second kappa shape index (κ2) is 4.91. The zero-order valence-electron chi connectivity index (χ0n) is 12.4. The van der Waals surface area contributed by atoms with E-state index in [9.17, 15) is 9.59 Å². The van der Waals surface area contributed by atoms with Crippen molar-refractivity contribution in [2.75, 3.05) is 11.9 Å². The van der Waals surface area contributed by atoms with Crippen LogP contribution >= 0.6 is 0 Å². The number of H-pyrrole nitrogens is 1. The molecule has 0 radical (unpaired) electrons. The lowest BCUT2D eigenvalue weighted by Gasteiger charge is -2.07. The molecule has 4 rings (SSSR count). The fourth-order valence-electron chi connectivity index (χ4n) is 2.85. The van der Waals surface area contributed by atoms with E-state index >= 15 is 0 Å². The van der Waals surface area contributed by atoms with Crippen LogP contribution in [0.5, 0.6) is 0 Å². The Balaban J connectivity index is 1.91. The number of para-hydroxylation sites is 2. The summed E-state index contributed by atoms with van der Waals surface area (Å²) in [7, 11) is 1.73. The van der Waals surface area contributed by atoms with E-state index in [1.807, 2.05) is 30.3 Å². The summed E-state index contributed by atoms with van der Waals surface area (Å²) in [5.41, 5.74) is 2.62. The van der Waals surface area contributed by atoms with Crippen LogP contribution in [0.25, 0.3) is 22.6 Å². The van der Waals surface area contributed by atoms with Gasteiger partial charge in [-0.2, -0.15) is 0 Å². The fraction of sp³-hybridized carbons (Fsp3) is 0.0556. The Bertz CT molecular complexity index is 1030. The average molecular weight is 303 g/mol. The van der Waals surface area contributed by atoms with E-state index in [1.54, 1.807) is 36.2 Å². The molecule has 5 heteroatoms. The largest absolute Gasteiger partial charge is 0.311 e. The predicted octanol–water partition coefficient (Wildman–Crippen LogP) is 2.44. The Morgan fingerprint density at radius 1 is 1.04 bits per heavy atom. The van der Waals surface area contributed by atoms with Crippen molar-refractivity contribution in [3.63, 3.8) is 0 Å². The molecule has 23 heavy (non-hydrogen) atoms. The fourth-order valence-corrected chi connectivity index (χ4v) is 2.85. The van der Waals surface area contributed by atoms with Crippen molar-refractivity contribution in [1.29, 1.82) is 0 Å². The SMILES string of the molecule is CN1C(=O)/C(=C/c2nc3ccccc3c(=O)[nH]2)c2ccccc21. The molecule has 0 atom stereocenters. The molecule has 1 N–H and O–H groups in total. The number of likely N-dealkylation sites (N-methyl/N-ethyl adjacent to an activating group) is 1. The van der Waals surface area contributed by atoms with Gasteiger partial charge in [-0.05, 0) is 24.3 Å². The van der Waals surface area contributed by atoms with Gasteiger partial charge in [-0.15, -0.1) is 0 Å². The smallest absolute Gasteiger partial charge is 0.259 e. The first-order valence-electron chi connectivity index (χ1n) is 7.23. The third-order valence-corrected chi connectivity index (χ3v) is 4.00. The molecule has 1 aromatic heterocycles. The molecular formula is C18H13N3O2. The van der Waals surface area contributed by atoms with E-state index in [0.29, 0.717) is 22.3 Å². The number of amides is 1. The standard InChI is InChI=1S/C18H13N3O2/c1-21-15-9-5-3-6-11(15)13(18(21)23)10-16-19-14-8-4-2-7-12(14)17(22)20-16/h2-10H,1H3,(H,19,20,22)/b13-10+. The number of hydrogen-bond acceptors (Lipinski definition) is 3. The highest BCUT2D eigenvalue weighted by Crippen LogP contribution is 2.36. The molecule has 1 aliphatic rings. The van der Waals surface area contributed by atoms with Crippen molar-refractivity contribution in [2.45, 2.75) is 0 Å². The molecule has 112 valence electrons. The van der Waals surface area contributed by atoms with Crippen molar-refractivity contribution in [3.05, 3.63) is 70.3 Å². The van der Waals surface area contributed by atoms with E-state index in [1.165, 1.54) is 0 Å². The van der Waals surface area contributed by atoms with Gasteiger partial charge in [0, 0.05) is 12.6 Å². The lowest BCUT2D eigenvalue weighted by atomic mass is 10.1. The van der Waals surface area contributed by atoms with Gasteiger partial charge < -0.3 is 9.88 Å². The van der Waals surface area contributed by atoms with Gasteiger partial charge in [0.05, 0.1) is 22.2 Å². The zero-order chi connectivity index (χ0) is 16.0. The monoisotopic (exact) mass is 303 g/mol. The third-order valence-electron chi connectivity index (χ3n) is 4.00. The Labute approximate surface area is 131 Å². The maximum absolute atomic E-state index is 12.5. The molecule has 0 spiro atoms. The van der Waals surface area contributed by atoms with E-state index in [-0.39, 0.29) is 11.5 Å². The number of carbonyl (C=O) groups excluding carboxylic acids is 1. The summed E-state index contributed by atoms with van der Waals surface area (Å²) in [5, 5.41) is 0.532. The predicted molar refractivity (Wildman–Crippen MR) is 90.1 cm³/mol. The summed E-state index contributed by atoms with van der Waals surface area (Å²) >= 11 is 0. The van der Waals surface area contributed by atoms with Crippen molar-refractivity contribution in [2.24, 2.45) is 0 Å². The molecule has 2 aromatic carbocycles. The molecule has 0 unspecified atom stereocenters. The molecular weight excluding hydrogens is 290 g/mol. The average Bonchev–Trinajstić information content (AvgIpc) is 2.80. The minimum atomic E-state index is -0.213. The summed E-state index contributed by atoms with van der Waals surface area (Å²) in [6, 6.07) is 14.7. The normalized spacial score (nSPS) is 15.4. The lowest BCUT2D eigenvalue weighted by molar-refractivity contribution is -0.112. The van der Waals surface area contributed by atoms with Gasteiger partial charge in [-0.1, -0.05) is 30.3 Å². The first-order valence-corrected chi connectivity index (χ1v) is 7.23. The Hall–Kier alpha value is -3.21. The van der Waals surface area contributed by atoms with Crippen LogP contribution in [-0.2, 0) is 4.79 Å². The summed E-state index contributed by atoms with van der Waals surface area (Å²) in [6.45, 7) is 0. The number of hydrogen-bond donors (Lipinski definition) is 1. The van der Waals surface area contributed by atoms with Gasteiger partial charge in [0.25, 0.3) is 11.5 Å². The van der Waals surface area contributed by atoms with Crippen LogP contribution in [0.1, 0.15) is 11.4 Å². The highest BCUT2D eigenvalue weighted by Gasteiger charge is 2.29. The first-order chi connectivity index (χ1) is 11.1. The third kappa shape index (κ3) is 2.05. The quantitative estimate of drug-likeness (QED) is 0.702. The lowest BCUT2D eigenvalue weighted by Crippen LogP contribution is -2.20. The van der Waals surface area contributed by atoms with Crippen molar-refractivity contribution in [3.8, 4) is 0 Å². The summed E-state index contributed by atoms with van der Waals surface area (Å²) in [5.74, 6) is 0.268. The van der Waals surface area contributed by atoms with Crippen molar-refractivity contribution >= 4 is 34.1 Å². The van der Waals surface area contributed by atoms with Crippen LogP contribution in [0.4, 0.5) is 5.69 Å². The van der Waals surface area contributed by atoms with Crippen LogP contribution in [0, 0.1) is 0 Å². The van der Waals surface area contributed by atoms with Crippen LogP contribution in [0.3, 0.4) is 0 Å². The first kappa shape index (κ1) is 13.5. The molecule has 3 aromatic rings. The number of rotatable bonds is 1. The van der Waals surface area contributed by atoms with Crippen LogP contribution in [0.15, 0.2) is 53.3 Å². The Morgan fingerprint density at radius 3 is 2.65 bits per heavy atom. The molecule has 0 fully saturated rings. The second-order valence-corrected chi connectivity index (χ2v) is 5.41. The minimum absolute atomic E-state index is 0.109. The number of fused-ring (bicyclic) bond motifs is 2. The second-order valence-electron chi connectivity index (χ2n) is 5.41. The zero-order valence-corrected chi connectivity index (χ0v) is 12.4. The molecule has 5 nitrogen and oxygen atoms in total. The number of carbonyl (C=O) groups is 1. The number of nitrogens with zero attached hydrogens (tertiary/aromatic N) is 2. The Kier molecular flexibility index (Phi) is 2.87. The van der Waals surface area contributed by atoms with Gasteiger partial charge in [0.15, 0.2) is 0 Å². The van der Waals surface area contributed by atoms with E-state index < -0.39 is 0 Å². The Morgan fingerprint density at radius 2 is 1.78 bits per heavy atom. The van der Waals surface area contributed by atoms with Crippen LogP contribution < -0.4 is 10.5 Å². The molecule has 0 saturated heterocycles. The van der Waals surface area contributed by atoms with Crippen LogP contribution in [-0.4, -0.2) is 22.9 Å². The maximum atomic E-state index is 12.5. The van der Waals surface area contributed by atoms with E-state index in [4.69, 9.17) is 0 Å². The number of benzene rings is 2. The molecule has 0 bridgehead atoms. The van der Waals surface area contributed by atoms with Gasteiger partial charge in [-0.3, -0.25) is 9.59 Å². The summed E-state index contributed by atoms with van der Waals surface area (Å²) in [4.78, 5) is 33.4. The number of aromatic nitrogens is 2. The summed E-state index contributed by atoms with van der Waals surface area (Å²) in [6.07, 6.45) is 1.64. The molecule has 2 heterocycles. The van der Waals surface area contributed by atoms with Gasteiger partial charge >= 0.3 is 0 Å². The highest BCUT2D eigenvalue weighted by molar-refractivity contribution is 6.35.